The van der Waals surface area contributed by atoms with Crippen LogP contribution < -0.4 is 15.6 Å². The maximum absolute atomic E-state index is 12.3. The van der Waals surface area contributed by atoms with Crippen molar-refractivity contribution >= 4 is 24.5 Å². The molecule has 0 spiro atoms. The Labute approximate surface area is 130 Å². The van der Waals surface area contributed by atoms with Crippen molar-refractivity contribution < 1.29 is 28.0 Å². The summed E-state index contributed by atoms with van der Waals surface area (Å²) >= 11 is 0. The fourth-order valence-electron chi connectivity index (χ4n) is 1.76. The Balaban J connectivity index is 2.15. The van der Waals surface area contributed by atoms with E-state index in [1.807, 2.05) is 6.07 Å². The summed E-state index contributed by atoms with van der Waals surface area (Å²) in [4.78, 5) is 0. The lowest BCUT2D eigenvalue weighted by Gasteiger charge is -2.13. The van der Waals surface area contributed by atoms with E-state index in [-0.39, 0.29) is 0 Å². The third kappa shape index (κ3) is 5.31. The van der Waals surface area contributed by atoms with Crippen molar-refractivity contribution in [3.63, 3.8) is 0 Å². The first kappa shape index (κ1) is 16.8. The molecule has 23 heavy (non-hydrogen) atoms. The van der Waals surface area contributed by atoms with Crippen LogP contribution in [0.15, 0.2) is 53.6 Å². The van der Waals surface area contributed by atoms with E-state index in [0.717, 1.165) is 17.8 Å². The average Bonchev–Trinajstić information content (AvgIpc) is 2.48. The average molecular weight is 324 g/mol. The fourth-order valence-corrected chi connectivity index (χ4v) is 1.76. The Kier molecular flexibility index (Phi) is 5.25. The van der Waals surface area contributed by atoms with Gasteiger partial charge in [-0.05, 0) is 35.9 Å². The number of nitrogens with one attached hydrogen (secondary N) is 1. The Morgan fingerprint density at radius 2 is 1.78 bits per heavy atom. The molecule has 2 aromatic rings. The van der Waals surface area contributed by atoms with Gasteiger partial charge in [0.25, 0.3) is 0 Å². The number of nitrogens with zero attached hydrogens (tertiary/aromatic N) is 1. The number of benzene rings is 2. The monoisotopic (exact) mass is 324 g/mol. The van der Waals surface area contributed by atoms with E-state index in [9.17, 15) is 23.2 Å². The van der Waals surface area contributed by atoms with E-state index in [2.05, 4.69) is 15.3 Å². The van der Waals surface area contributed by atoms with Gasteiger partial charge in [0.05, 0.1) is 11.9 Å². The second-order valence-corrected chi connectivity index (χ2v) is 4.45. The first-order valence-electron chi connectivity index (χ1n) is 6.45. The Bertz CT molecular complexity index is 679. The standard InChI is InChI=1S/C14H12BF3N2O3/c16-14(17,18)23-13-7-6-10(8-12(13)15(21)22)9-19-20-11-4-2-1-3-5-11/h1-9,20-22H. The highest BCUT2D eigenvalue weighted by Gasteiger charge is 2.33. The zero-order valence-electron chi connectivity index (χ0n) is 11.7. The lowest BCUT2D eigenvalue weighted by molar-refractivity contribution is -0.274. The van der Waals surface area contributed by atoms with Crippen LogP contribution in [-0.4, -0.2) is 29.7 Å². The first-order valence-corrected chi connectivity index (χ1v) is 6.45. The van der Waals surface area contributed by atoms with Crippen LogP contribution in [0.1, 0.15) is 5.56 Å². The molecule has 0 fully saturated rings. The number of anilines is 1. The molecule has 0 aliphatic rings. The summed E-state index contributed by atoms with van der Waals surface area (Å²) in [6.45, 7) is 0. The third-order valence-corrected chi connectivity index (χ3v) is 2.72. The van der Waals surface area contributed by atoms with Crippen molar-refractivity contribution in [2.45, 2.75) is 6.36 Å². The topological polar surface area (TPSA) is 74.1 Å². The molecule has 0 atom stereocenters. The number of ether oxygens (including phenoxy) is 1. The number of hydrogen-bond acceptors (Lipinski definition) is 5. The minimum Gasteiger partial charge on any atom is -0.423 e. The van der Waals surface area contributed by atoms with Crippen LogP contribution in [0.3, 0.4) is 0 Å². The molecule has 0 aliphatic carbocycles. The molecule has 5 nitrogen and oxygen atoms in total. The van der Waals surface area contributed by atoms with Crippen molar-refractivity contribution in [2.75, 3.05) is 5.43 Å². The molecule has 0 radical (unpaired) electrons. The lowest BCUT2D eigenvalue weighted by Crippen LogP contribution is -2.34. The van der Waals surface area contributed by atoms with Crippen LogP contribution in [0, 0.1) is 0 Å². The number of alkyl halides is 3. The fraction of sp³-hybridized carbons (Fsp3) is 0.0714. The van der Waals surface area contributed by atoms with Crippen molar-refractivity contribution in [2.24, 2.45) is 5.10 Å². The van der Waals surface area contributed by atoms with Gasteiger partial charge in [-0.25, -0.2) is 0 Å². The van der Waals surface area contributed by atoms with Crippen LogP contribution in [0.5, 0.6) is 5.75 Å². The number of hydrazone groups is 1. The molecule has 120 valence electrons. The third-order valence-electron chi connectivity index (χ3n) is 2.72. The van der Waals surface area contributed by atoms with E-state index in [4.69, 9.17) is 0 Å². The SMILES string of the molecule is OB(O)c1cc(C=NNc2ccccc2)ccc1OC(F)(F)F. The van der Waals surface area contributed by atoms with Crippen LogP contribution in [-0.2, 0) is 0 Å². The maximum Gasteiger partial charge on any atom is 0.573 e. The Hall–Kier alpha value is -2.52. The molecule has 0 saturated carbocycles. The highest BCUT2D eigenvalue weighted by Crippen LogP contribution is 2.21. The van der Waals surface area contributed by atoms with E-state index in [0.29, 0.717) is 5.56 Å². The summed E-state index contributed by atoms with van der Waals surface area (Å²) in [6.07, 6.45) is -3.59. The van der Waals surface area contributed by atoms with Crippen LogP contribution in [0.4, 0.5) is 18.9 Å². The van der Waals surface area contributed by atoms with E-state index < -0.39 is 24.7 Å². The second-order valence-electron chi connectivity index (χ2n) is 4.45. The van der Waals surface area contributed by atoms with Gasteiger partial charge in [0.1, 0.15) is 5.75 Å². The van der Waals surface area contributed by atoms with Crippen LogP contribution in [0.25, 0.3) is 0 Å². The Morgan fingerprint density at radius 3 is 2.39 bits per heavy atom. The van der Waals surface area contributed by atoms with Gasteiger partial charge in [-0.1, -0.05) is 18.2 Å². The quantitative estimate of drug-likeness (QED) is 0.445. The van der Waals surface area contributed by atoms with Crippen LogP contribution in [0.2, 0.25) is 0 Å². The first-order chi connectivity index (χ1) is 10.8. The minimum atomic E-state index is -4.92. The van der Waals surface area contributed by atoms with Crippen molar-refractivity contribution in [3.05, 3.63) is 54.1 Å². The summed E-state index contributed by atoms with van der Waals surface area (Å²) in [6, 6.07) is 12.4. The summed E-state index contributed by atoms with van der Waals surface area (Å²) in [5.74, 6) is -0.680. The van der Waals surface area contributed by atoms with Gasteiger partial charge in [-0.15, -0.1) is 13.2 Å². The summed E-state index contributed by atoms with van der Waals surface area (Å²) in [5, 5.41) is 22.3. The molecule has 0 unspecified atom stereocenters. The van der Waals surface area contributed by atoms with Crippen molar-refractivity contribution in [3.8, 4) is 5.75 Å². The predicted molar refractivity (Wildman–Crippen MR) is 80.6 cm³/mol. The summed E-state index contributed by atoms with van der Waals surface area (Å²) in [7, 11) is -2.11. The summed E-state index contributed by atoms with van der Waals surface area (Å²) < 4.78 is 40.5. The molecule has 2 rings (SSSR count). The molecular formula is C14H12BF3N2O3. The van der Waals surface area contributed by atoms with E-state index in [1.165, 1.54) is 12.3 Å². The van der Waals surface area contributed by atoms with Gasteiger partial charge < -0.3 is 14.8 Å². The molecule has 0 saturated heterocycles. The molecule has 9 heteroatoms. The zero-order valence-corrected chi connectivity index (χ0v) is 11.7. The molecule has 0 aliphatic heterocycles. The van der Waals surface area contributed by atoms with Crippen LogP contribution >= 0.6 is 0 Å². The Morgan fingerprint density at radius 1 is 1.09 bits per heavy atom. The van der Waals surface area contributed by atoms with E-state index >= 15 is 0 Å². The molecule has 0 heterocycles. The molecule has 0 aromatic heterocycles. The maximum atomic E-state index is 12.3. The predicted octanol–water partition coefficient (Wildman–Crippen LogP) is 1.71. The minimum absolute atomic E-state index is 0.367. The van der Waals surface area contributed by atoms with Gasteiger partial charge in [-0.3, -0.25) is 5.43 Å². The highest BCUT2D eigenvalue weighted by atomic mass is 19.4. The van der Waals surface area contributed by atoms with Gasteiger partial charge in [-0.2, -0.15) is 5.10 Å². The molecule has 0 bridgehead atoms. The number of halogens is 3. The molecule has 2 aromatic carbocycles. The second kappa shape index (κ2) is 7.16. The smallest absolute Gasteiger partial charge is 0.423 e. The van der Waals surface area contributed by atoms with Gasteiger partial charge >= 0.3 is 13.5 Å². The number of rotatable bonds is 5. The number of hydrogen-bond donors (Lipinski definition) is 3. The van der Waals surface area contributed by atoms with Crippen molar-refractivity contribution in [1.82, 2.24) is 0 Å². The van der Waals surface area contributed by atoms with Gasteiger partial charge in [0.2, 0.25) is 0 Å². The van der Waals surface area contributed by atoms with Crippen molar-refractivity contribution in [1.29, 1.82) is 0 Å². The lowest BCUT2D eigenvalue weighted by atomic mass is 9.79. The zero-order chi connectivity index (χ0) is 16.9. The van der Waals surface area contributed by atoms with Gasteiger partial charge in [0.15, 0.2) is 0 Å². The van der Waals surface area contributed by atoms with Gasteiger partial charge in [0, 0.05) is 5.46 Å². The number of para-hydroxylation sites is 1. The normalized spacial score (nSPS) is 11.5. The largest absolute Gasteiger partial charge is 0.573 e. The highest BCUT2D eigenvalue weighted by molar-refractivity contribution is 6.59. The van der Waals surface area contributed by atoms with E-state index in [1.54, 1.807) is 24.3 Å². The molecule has 3 N–H and O–H groups in total. The molecule has 0 amide bonds. The molecular weight excluding hydrogens is 312 g/mol. The summed E-state index contributed by atoms with van der Waals surface area (Å²) in [5.41, 5.74) is 3.41.